The number of carbonyl (C=O) groups excluding carboxylic acids is 1. The Bertz CT molecular complexity index is 1000. The maximum atomic E-state index is 12.4. The van der Waals surface area contributed by atoms with Gasteiger partial charge in [0.25, 0.3) is 0 Å². The third-order valence-electron chi connectivity index (χ3n) is 4.48. The van der Waals surface area contributed by atoms with Crippen LogP contribution < -0.4 is 20.3 Å². The van der Waals surface area contributed by atoms with Gasteiger partial charge in [-0.25, -0.2) is 9.78 Å². The highest BCUT2D eigenvalue weighted by Crippen LogP contribution is 2.26. The molecule has 0 fully saturated rings. The molecule has 0 spiro atoms. The summed E-state index contributed by atoms with van der Waals surface area (Å²) in [6.45, 7) is 4.30. The summed E-state index contributed by atoms with van der Waals surface area (Å²) in [5.41, 5.74) is 4.76. The summed E-state index contributed by atoms with van der Waals surface area (Å²) in [5, 5.41) is 5.52. The summed E-state index contributed by atoms with van der Waals surface area (Å²) in [6, 6.07) is 13.6. The third-order valence-corrected chi connectivity index (χ3v) is 4.48. The van der Waals surface area contributed by atoms with E-state index >= 15 is 0 Å². The Morgan fingerprint density at radius 1 is 1.03 bits per heavy atom. The Kier molecular flexibility index (Phi) is 6.85. The molecule has 30 heavy (non-hydrogen) atoms. The Labute approximate surface area is 177 Å². The monoisotopic (exact) mass is 405 g/mol. The molecule has 0 radical (unpaired) electrons. The van der Waals surface area contributed by atoms with Crippen molar-refractivity contribution in [2.45, 2.75) is 20.3 Å². The van der Waals surface area contributed by atoms with E-state index in [9.17, 15) is 4.79 Å². The molecule has 2 aromatic carbocycles. The number of hydrogen-bond acceptors (Lipinski definition) is 5. The first-order valence-corrected chi connectivity index (χ1v) is 9.77. The van der Waals surface area contributed by atoms with Crippen molar-refractivity contribution in [3.63, 3.8) is 0 Å². The van der Waals surface area contributed by atoms with Crippen molar-refractivity contribution in [2.24, 2.45) is 0 Å². The Morgan fingerprint density at radius 2 is 1.87 bits per heavy atom. The molecule has 7 nitrogen and oxygen atoms in total. The quantitative estimate of drug-likeness (QED) is 0.608. The summed E-state index contributed by atoms with van der Waals surface area (Å²) < 4.78 is 5.98. The lowest BCUT2D eigenvalue weighted by atomic mass is 10.1. The van der Waals surface area contributed by atoms with Gasteiger partial charge in [0.1, 0.15) is 5.75 Å². The van der Waals surface area contributed by atoms with E-state index < -0.39 is 6.03 Å². The molecular formula is C23H27N5O2. The van der Waals surface area contributed by atoms with Gasteiger partial charge in [0.05, 0.1) is 30.4 Å². The lowest BCUT2D eigenvalue weighted by molar-refractivity contribution is 0.261. The van der Waals surface area contributed by atoms with E-state index in [1.807, 2.05) is 52.2 Å². The lowest BCUT2D eigenvalue weighted by Crippen LogP contribution is -2.21. The van der Waals surface area contributed by atoms with Crippen molar-refractivity contribution in [1.29, 1.82) is 0 Å². The number of hydrogen-bond donors (Lipinski definition) is 2. The van der Waals surface area contributed by atoms with E-state index in [1.54, 1.807) is 6.20 Å². The van der Waals surface area contributed by atoms with E-state index in [2.05, 4.69) is 43.7 Å². The van der Waals surface area contributed by atoms with Crippen molar-refractivity contribution in [3.8, 4) is 5.75 Å². The van der Waals surface area contributed by atoms with Crippen LogP contribution in [0.4, 0.5) is 22.0 Å². The smallest absolute Gasteiger partial charge is 0.324 e. The van der Waals surface area contributed by atoms with Crippen LogP contribution >= 0.6 is 0 Å². The highest BCUT2D eigenvalue weighted by molar-refractivity contribution is 6.00. The Morgan fingerprint density at radius 3 is 2.60 bits per heavy atom. The molecule has 2 N–H and O–H groups in total. The summed E-state index contributed by atoms with van der Waals surface area (Å²) in [4.78, 5) is 22.7. The first-order chi connectivity index (χ1) is 14.4. The second-order valence-electron chi connectivity index (χ2n) is 7.28. The average molecular weight is 406 g/mol. The molecule has 0 bridgehead atoms. The molecule has 0 saturated heterocycles. The maximum absolute atomic E-state index is 12.4. The number of urea groups is 1. The van der Waals surface area contributed by atoms with E-state index in [4.69, 9.17) is 4.74 Å². The Hall–Kier alpha value is -3.61. The molecule has 3 aromatic rings. The number of aryl methyl sites for hydroxylation is 2. The topological polar surface area (TPSA) is 79.4 Å². The molecule has 7 heteroatoms. The fourth-order valence-electron chi connectivity index (χ4n) is 2.86. The van der Waals surface area contributed by atoms with Crippen LogP contribution in [-0.2, 0) is 6.42 Å². The average Bonchev–Trinajstić information content (AvgIpc) is 2.71. The predicted molar refractivity (Wildman–Crippen MR) is 121 cm³/mol. The van der Waals surface area contributed by atoms with Gasteiger partial charge in [-0.05, 0) is 49.2 Å². The number of anilines is 3. The van der Waals surface area contributed by atoms with Gasteiger partial charge in [-0.1, -0.05) is 18.2 Å². The van der Waals surface area contributed by atoms with Gasteiger partial charge < -0.3 is 15.0 Å². The van der Waals surface area contributed by atoms with Crippen LogP contribution in [0.25, 0.3) is 0 Å². The number of aromatic nitrogens is 2. The Balaban J connectivity index is 1.62. The minimum absolute atomic E-state index is 0.383. The number of ether oxygens (including phenoxy) is 1. The molecule has 1 heterocycles. The zero-order valence-electron chi connectivity index (χ0n) is 17.8. The summed E-state index contributed by atoms with van der Waals surface area (Å²) in [7, 11) is 4.04. The number of benzene rings is 2. The molecule has 0 atom stereocenters. The number of amides is 2. The van der Waals surface area contributed by atoms with Gasteiger partial charge in [0.15, 0.2) is 5.82 Å². The third kappa shape index (κ3) is 5.94. The first kappa shape index (κ1) is 21.1. The number of nitrogens with zero attached hydrogens (tertiary/aromatic N) is 3. The fraction of sp³-hybridized carbons (Fsp3) is 0.261. The van der Waals surface area contributed by atoms with Crippen molar-refractivity contribution in [1.82, 2.24) is 9.97 Å². The number of rotatable bonds is 7. The molecule has 156 valence electrons. The summed E-state index contributed by atoms with van der Waals surface area (Å²) in [5.74, 6) is 1.00. The van der Waals surface area contributed by atoms with Crippen LogP contribution in [0, 0.1) is 13.8 Å². The van der Waals surface area contributed by atoms with E-state index in [1.165, 1.54) is 11.8 Å². The van der Waals surface area contributed by atoms with Crippen LogP contribution in [0.1, 0.15) is 16.8 Å². The van der Waals surface area contributed by atoms with Crippen LogP contribution in [0.3, 0.4) is 0 Å². The number of nitrogens with one attached hydrogen (secondary N) is 2. The van der Waals surface area contributed by atoms with Crippen LogP contribution in [-0.4, -0.2) is 36.7 Å². The summed E-state index contributed by atoms with van der Waals surface area (Å²) >= 11 is 0. The second-order valence-corrected chi connectivity index (χ2v) is 7.28. The minimum Gasteiger partial charge on any atom is -0.491 e. The van der Waals surface area contributed by atoms with Crippen LogP contribution in [0.2, 0.25) is 0 Å². The van der Waals surface area contributed by atoms with Gasteiger partial charge in [-0.3, -0.25) is 10.3 Å². The van der Waals surface area contributed by atoms with Gasteiger partial charge in [0, 0.05) is 26.2 Å². The molecule has 0 aliphatic carbocycles. The lowest BCUT2D eigenvalue weighted by Gasteiger charge is -2.15. The predicted octanol–water partition coefficient (Wildman–Crippen LogP) is 4.42. The molecule has 1 aromatic heterocycles. The van der Waals surface area contributed by atoms with Crippen molar-refractivity contribution < 1.29 is 9.53 Å². The number of carbonyl (C=O) groups is 1. The summed E-state index contributed by atoms with van der Waals surface area (Å²) in [6.07, 6.45) is 3.88. The van der Waals surface area contributed by atoms with E-state index in [-0.39, 0.29) is 0 Å². The fourth-order valence-corrected chi connectivity index (χ4v) is 2.86. The molecule has 2 amide bonds. The molecule has 0 saturated carbocycles. The zero-order chi connectivity index (χ0) is 21.5. The van der Waals surface area contributed by atoms with Gasteiger partial charge >= 0.3 is 6.03 Å². The highest BCUT2D eigenvalue weighted by atomic mass is 16.5. The SMILES string of the molecule is Cc1ccc(OCCc2cccc(N(C)C)c2)c(NC(=O)Nc2cnc(C)cn2)c1. The minimum atomic E-state index is -0.401. The van der Waals surface area contributed by atoms with Crippen molar-refractivity contribution in [2.75, 3.05) is 36.2 Å². The first-order valence-electron chi connectivity index (χ1n) is 9.77. The molecule has 0 unspecified atom stereocenters. The van der Waals surface area contributed by atoms with Crippen molar-refractivity contribution >= 4 is 23.2 Å². The van der Waals surface area contributed by atoms with Crippen molar-refractivity contribution in [3.05, 3.63) is 71.7 Å². The van der Waals surface area contributed by atoms with Gasteiger partial charge in [0.2, 0.25) is 0 Å². The highest BCUT2D eigenvalue weighted by Gasteiger charge is 2.10. The standard InChI is InChI=1S/C23H27N5O2/c1-16-8-9-21(30-11-10-18-6-5-7-19(13-18)28(3)4)20(12-16)26-23(29)27-22-15-24-17(2)14-25-22/h5-9,12-15H,10-11H2,1-4H3,(H2,25,26,27,29). The maximum Gasteiger partial charge on any atom is 0.324 e. The van der Waals surface area contributed by atoms with Crippen LogP contribution in [0.15, 0.2) is 54.9 Å². The molecule has 0 aliphatic rings. The molecule has 3 rings (SSSR count). The van der Waals surface area contributed by atoms with Gasteiger partial charge in [-0.15, -0.1) is 0 Å². The van der Waals surface area contributed by atoms with Gasteiger partial charge in [-0.2, -0.15) is 0 Å². The molecular weight excluding hydrogens is 378 g/mol. The van der Waals surface area contributed by atoms with E-state index in [0.29, 0.717) is 23.9 Å². The molecule has 0 aliphatic heterocycles. The van der Waals surface area contributed by atoms with Crippen LogP contribution in [0.5, 0.6) is 5.75 Å². The second kappa shape index (κ2) is 9.73. The zero-order valence-corrected chi connectivity index (χ0v) is 17.8. The largest absolute Gasteiger partial charge is 0.491 e. The van der Waals surface area contributed by atoms with E-state index in [0.717, 1.165) is 23.4 Å². The normalized spacial score (nSPS) is 10.4.